The molecule has 0 N–H and O–H groups in total. The number of aromatic nitrogens is 2. The van der Waals surface area contributed by atoms with Crippen molar-refractivity contribution in [3.63, 3.8) is 0 Å². The molecule has 0 amide bonds. The van der Waals surface area contributed by atoms with Gasteiger partial charge in [-0.05, 0) is 36.5 Å². The fourth-order valence-electron chi connectivity index (χ4n) is 2.96. The maximum atomic E-state index is 12.0. The lowest BCUT2D eigenvalue weighted by Gasteiger charge is -2.26. The smallest absolute Gasteiger partial charge is 0.328 e. The number of hydrogen-bond donors (Lipinski definition) is 0. The van der Waals surface area contributed by atoms with Crippen LogP contribution in [0.3, 0.4) is 0 Å². The van der Waals surface area contributed by atoms with E-state index in [1.165, 1.54) is 12.0 Å². The summed E-state index contributed by atoms with van der Waals surface area (Å²) < 4.78 is 8.96. The first-order valence-electron chi connectivity index (χ1n) is 6.97. The molecule has 0 radical (unpaired) electrons. The summed E-state index contributed by atoms with van der Waals surface area (Å²) in [6, 6.07) is 6.25. The van der Waals surface area contributed by atoms with Crippen LogP contribution in [-0.2, 0) is 18.8 Å². The molecule has 2 heterocycles. The minimum absolute atomic E-state index is 0.0178. The summed E-state index contributed by atoms with van der Waals surface area (Å²) in [5, 5.41) is 0. The topological polar surface area (TPSA) is 36.2 Å². The zero-order valence-electron chi connectivity index (χ0n) is 11.8. The van der Waals surface area contributed by atoms with Crippen molar-refractivity contribution in [2.24, 2.45) is 20.0 Å². The van der Waals surface area contributed by atoms with Gasteiger partial charge in [0.25, 0.3) is 0 Å². The largest absolute Gasteiger partial charge is 0.381 e. The zero-order chi connectivity index (χ0) is 14.3. The minimum Gasteiger partial charge on any atom is -0.381 e. The van der Waals surface area contributed by atoms with Crippen LogP contribution in [0.2, 0.25) is 0 Å². The predicted octanol–water partition coefficient (Wildman–Crippen LogP) is 2.74. The van der Waals surface area contributed by atoms with Crippen molar-refractivity contribution in [2.75, 3.05) is 13.2 Å². The van der Waals surface area contributed by atoms with Gasteiger partial charge in [0.15, 0.2) is 0 Å². The van der Waals surface area contributed by atoms with Crippen molar-refractivity contribution in [3.05, 3.63) is 34.2 Å². The molecule has 2 aromatic rings. The Balaban J connectivity index is 2.00. The van der Waals surface area contributed by atoms with Gasteiger partial charge < -0.3 is 4.74 Å². The normalized spacial score (nSPS) is 21.2. The van der Waals surface area contributed by atoms with E-state index in [1.54, 1.807) is 9.13 Å². The molecular formula is C15H19BrN2O2. The third-order valence-electron chi connectivity index (χ3n) is 4.22. The van der Waals surface area contributed by atoms with Gasteiger partial charge >= 0.3 is 5.69 Å². The Morgan fingerprint density at radius 2 is 2.05 bits per heavy atom. The molecule has 3 rings (SSSR count). The lowest BCUT2D eigenvalue weighted by atomic mass is 9.94. The van der Waals surface area contributed by atoms with Crippen LogP contribution in [0, 0.1) is 5.92 Å². The molecule has 0 aliphatic carbocycles. The highest BCUT2D eigenvalue weighted by molar-refractivity contribution is 9.09. The fraction of sp³-hybridized carbons (Fsp3) is 0.533. The molecule has 0 saturated carbocycles. The molecule has 1 aromatic carbocycles. The first kappa shape index (κ1) is 13.9. The van der Waals surface area contributed by atoms with Crippen LogP contribution in [0.1, 0.15) is 23.2 Å². The fourth-order valence-corrected chi connectivity index (χ4v) is 3.67. The van der Waals surface area contributed by atoms with E-state index in [1.807, 2.05) is 20.2 Å². The summed E-state index contributed by atoms with van der Waals surface area (Å²) in [7, 11) is 3.63. The molecule has 1 aliphatic heterocycles. The van der Waals surface area contributed by atoms with E-state index in [9.17, 15) is 4.79 Å². The van der Waals surface area contributed by atoms with Crippen molar-refractivity contribution in [1.29, 1.82) is 0 Å². The monoisotopic (exact) mass is 338 g/mol. The van der Waals surface area contributed by atoms with Gasteiger partial charge in [-0.1, -0.05) is 22.0 Å². The van der Waals surface area contributed by atoms with E-state index >= 15 is 0 Å². The molecule has 1 fully saturated rings. The van der Waals surface area contributed by atoms with E-state index in [-0.39, 0.29) is 10.5 Å². The maximum absolute atomic E-state index is 12.0. The number of benzene rings is 1. The SMILES string of the molecule is Cn1c(=O)n(C)c2cc(C(Br)C3CCCOC3)ccc21. The lowest BCUT2D eigenvalue weighted by Crippen LogP contribution is -2.21. The van der Waals surface area contributed by atoms with Crippen molar-refractivity contribution in [3.8, 4) is 0 Å². The molecule has 0 bridgehead atoms. The quantitative estimate of drug-likeness (QED) is 0.789. The highest BCUT2D eigenvalue weighted by atomic mass is 79.9. The van der Waals surface area contributed by atoms with Crippen LogP contribution >= 0.6 is 15.9 Å². The molecule has 1 aromatic heterocycles. The second-order valence-electron chi connectivity index (χ2n) is 5.53. The molecule has 2 unspecified atom stereocenters. The van der Waals surface area contributed by atoms with Gasteiger partial charge in [0, 0.05) is 25.5 Å². The molecule has 4 nitrogen and oxygen atoms in total. The van der Waals surface area contributed by atoms with Crippen LogP contribution in [0.5, 0.6) is 0 Å². The number of imidazole rings is 1. The highest BCUT2D eigenvalue weighted by Gasteiger charge is 2.24. The summed E-state index contributed by atoms with van der Waals surface area (Å²) in [5.41, 5.74) is 3.19. The van der Waals surface area contributed by atoms with Crippen molar-refractivity contribution in [1.82, 2.24) is 9.13 Å². The molecule has 5 heteroatoms. The Morgan fingerprint density at radius 1 is 1.30 bits per heavy atom. The number of aryl methyl sites for hydroxylation is 2. The van der Waals surface area contributed by atoms with Gasteiger partial charge in [-0.25, -0.2) is 4.79 Å². The summed E-state index contributed by atoms with van der Waals surface area (Å²) in [6.07, 6.45) is 2.31. The lowest BCUT2D eigenvalue weighted by molar-refractivity contribution is 0.0546. The summed E-state index contributed by atoms with van der Waals surface area (Å²) >= 11 is 3.81. The average molecular weight is 339 g/mol. The van der Waals surface area contributed by atoms with E-state index < -0.39 is 0 Å². The second-order valence-corrected chi connectivity index (χ2v) is 6.51. The number of nitrogens with zero attached hydrogens (tertiary/aromatic N) is 2. The first-order valence-corrected chi connectivity index (χ1v) is 7.88. The molecular weight excluding hydrogens is 320 g/mol. The van der Waals surface area contributed by atoms with E-state index in [2.05, 4.69) is 28.1 Å². The van der Waals surface area contributed by atoms with Crippen molar-refractivity contribution < 1.29 is 4.74 Å². The van der Waals surface area contributed by atoms with Crippen molar-refractivity contribution in [2.45, 2.75) is 17.7 Å². The first-order chi connectivity index (χ1) is 9.59. The predicted molar refractivity (Wildman–Crippen MR) is 83.4 cm³/mol. The Bertz CT molecular complexity index is 683. The van der Waals surface area contributed by atoms with E-state index in [0.29, 0.717) is 5.92 Å². The summed E-state index contributed by atoms with van der Waals surface area (Å²) in [4.78, 5) is 12.2. The van der Waals surface area contributed by atoms with Gasteiger partial charge in [0.2, 0.25) is 0 Å². The standard InChI is InChI=1S/C15H19BrN2O2/c1-17-12-6-5-10(8-13(12)18(2)15(17)19)14(16)11-4-3-7-20-9-11/h5-6,8,11,14H,3-4,7,9H2,1-2H3. The zero-order valence-corrected chi connectivity index (χ0v) is 13.4. The number of hydrogen-bond acceptors (Lipinski definition) is 2. The van der Waals surface area contributed by atoms with Gasteiger partial charge in [-0.3, -0.25) is 9.13 Å². The minimum atomic E-state index is 0.0178. The van der Waals surface area contributed by atoms with Gasteiger partial charge in [0.1, 0.15) is 0 Å². The van der Waals surface area contributed by atoms with Gasteiger partial charge in [-0.2, -0.15) is 0 Å². The number of rotatable bonds is 2. The number of fused-ring (bicyclic) bond motifs is 1. The number of ether oxygens (including phenoxy) is 1. The Morgan fingerprint density at radius 3 is 2.75 bits per heavy atom. The molecule has 1 aliphatic rings. The average Bonchev–Trinajstić information content (AvgIpc) is 2.72. The summed E-state index contributed by atoms with van der Waals surface area (Å²) in [5.74, 6) is 0.502. The Labute approximate surface area is 126 Å². The molecule has 0 spiro atoms. The second kappa shape index (κ2) is 5.37. The van der Waals surface area contributed by atoms with Crippen LogP contribution in [0.15, 0.2) is 23.0 Å². The Kier molecular flexibility index (Phi) is 3.73. The van der Waals surface area contributed by atoms with Crippen LogP contribution in [0.25, 0.3) is 11.0 Å². The Hall–Kier alpha value is -1.07. The van der Waals surface area contributed by atoms with Crippen molar-refractivity contribution >= 4 is 27.0 Å². The highest BCUT2D eigenvalue weighted by Crippen LogP contribution is 2.36. The van der Waals surface area contributed by atoms with E-state index in [0.717, 1.165) is 30.7 Å². The van der Waals surface area contributed by atoms with E-state index in [4.69, 9.17) is 4.74 Å². The molecule has 20 heavy (non-hydrogen) atoms. The van der Waals surface area contributed by atoms with Gasteiger partial charge in [0.05, 0.1) is 17.6 Å². The summed E-state index contributed by atoms with van der Waals surface area (Å²) in [6.45, 7) is 1.68. The van der Waals surface area contributed by atoms with Crippen LogP contribution < -0.4 is 5.69 Å². The molecule has 2 atom stereocenters. The molecule has 1 saturated heterocycles. The molecule has 108 valence electrons. The third kappa shape index (κ3) is 2.23. The van der Waals surface area contributed by atoms with Crippen LogP contribution in [0.4, 0.5) is 0 Å². The number of halogens is 1. The number of alkyl halides is 1. The maximum Gasteiger partial charge on any atom is 0.328 e. The third-order valence-corrected chi connectivity index (χ3v) is 5.50. The van der Waals surface area contributed by atoms with Gasteiger partial charge in [-0.15, -0.1) is 0 Å². The van der Waals surface area contributed by atoms with Crippen LogP contribution in [-0.4, -0.2) is 22.3 Å².